The number of hydrogen-bond acceptors (Lipinski definition) is 6. The first-order chi connectivity index (χ1) is 15.0. The van der Waals surface area contributed by atoms with Gasteiger partial charge in [-0.15, -0.1) is 0 Å². The number of rotatable bonds is 5. The maximum absolute atomic E-state index is 13.5. The second-order valence-electron chi connectivity index (χ2n) is 7.09. The number of nitrogens with one attached hydrogen (secondary N) is 3. The lowest BCUT2D eigenvalue weighted by Gasteiger charge is -2.16. The summed E-state index contributed by atoms with van der Waals surface area (Å²) in [6, 6.07) is 7.79. The first kappa shape index (κ1) is 21.0. The number of fused-ring (bicyclic) bond motifs is 1. The molecule has 160 valence electrons. The van der Waals surface area contributed by atoms with Crippen molar-refractivity contribution in [1.29, 1.82) is 0 Å². The normalized spacial score (nSPS) is 13.7. The molecule has 4 rings (SSSR count). The highest BCUT2D eigenvalue weighted by atomic mass is 35.5. The number of benzene rings is 2. The van der Waals surface area contributed by atoms with Gasteiger partial charge in [-0.25, -0.2) is 14.4 Å². The van der Waals surface area contributed by atoms with E-state index in [0.29, 0.717) is 33.8 Å². The number of nitrogens with zero attached hydrogens (tertiary/aromatic N) is 2. The van der Waals surface area contributed by atoms with Crippen molar-refractivity contribution >= 4 is 45.6 Å². The van der Waals surface area contributed by atoms with Crippen molar-refractivity contribution in [2.24, 2.45) is 0 Å². The summed E-state index contributed by atoms with van der Waals surface area (Å²) in [6.07, 6.45) is 4.76. The third kappa shape index (κ3) is 4.92. The zero-order chi connectivity index (χ0) is 21.8. The van der Waals surface area contributed by atoms with Crippen molar-refractivity contribution in [1.82, 2.24) is 15.3 Å². The van der Waals surface area contributed by atoms with Crippen LogP contribution < -0.4 is 20.7 Å². The van der Waals surface area contributed by atoms with Gasteiger partial charge < -0.3 is 20.7 Å². The van der Waals surface area contributed by atoms with Crippen LogP contribution in [0.4, 0.5) is 21.6 Å². The Morgan fingerprint density at radius 1 is 1.23 bits per heavy atom. The quantitative estimate of drug-likeness (QED) is 0.508. The van der Waals surface area contributed by atoms with Gasteiger partial charge >= 0.3 is 0 Å². The molecule has 1 saturated heterocycles. The Bertz CT molecular complexity index is 1160. The van der Waals surface area contributed by atoms with Crippen LogP contribution >= 0.6 is 11.6 Å². The Hall–Kier alpha value is -3.23. The molecule has 0 aliphatic carbocycles. The summed E-state index contributed by atoms with van der Waals surface area (Å²) < 4.78 is 18.9. The van der Waals surface area contributed by atoms with Crippen LogP contribution in [0.5, 0.6) is 5.75 Å². The van der Waals surface area contributed by atoms with Gasteiger partial charge in [0, 0.05) is 23.2 Å². The van der Waals surface area contributed by atoms with E-state index >= 15 is 0 Å². The molecular weight excluding hydrogens is 421 g/mol. The minimum Gasteiger partial charge on any atom is -0.494 e. The molecule has 0 radical (unpaired) electrons. The van der Waals surface area contributed by atoms with Gasteiger partial charge in [0.05, 0.1) is 23.3 Å². The minimum atomic E-state index is -0.502. The number of ether oxygens (including phenoxy) is 1. The lowest BCUT2D eigenvalue weighted by atomic mass is 10.1. The average molecular weight is 442 g/mol. The van der Waals surface area contributed by atoms with E-state index in [-0.39, 0.29) is 10.9 Å². The number of halogens is 2. The molecule has 0 unspecified atom stereocenters. The molecule has 7 nitrogen and oxygen atoms in total. The monoisotopic (exact) mass is 441 g/mol. The second-order valence-corrected chi connectivity index (χ2v) is 7.49. The third-order valence-electron chi connectivity index (χ3n) is 4.98. The molecule has 1 aliphatic rings. The standard InChI is InChI=1S/C22H21ClFN5O2/c1-31-20-11-18-15(10-19(20)29-21(30)8-13-4-6-25-7-5-13)22(27-12-26-18)28-14-2-3-17(24)16(23)9-14/h2-3,8-12,25H,4-7H2,1H3,(H,29,30)(H,26,27,28). The minimum absolute atomic E-state index is 0.00364. The zero-order valence-electron chi connectivity index (χ0n) is 16.8. The van der Waals surface area contributed by atoms with Crippen molar-refractivity contribution in [3.05, 3.63) is 59.1 Å². The van der Waals surface area contributed by atoms with Gasteiger partial charge in [0.25, 0.3) is 0 Å². The highest BCUT2D eigenvalue weighted by molar-refractivity contribution is 6.31. The Labute approximate surface area is 183 Å². The summed E-state index contributed by atoms with van der Waals surface area (Å²) in [6.45, 7) is 1.75. The summed E-state index contributed by atoms with van der Waals surface area (Å²) in [7, 11) is 1.53. The molecule has 0 spiro atoms. The van der Waals surface area contributed by atoms with Crippen LogP contribution in [0.2, 0.25) is 5.02 Å². The van der Waals surface area contributed by atoms with E-state index < -0.39 is 5.82 Å². The first-order valence-corrected chi connectivity index (χ1v) is 10.2. The molecule has 2 aromatic carbocycles. The molecular formula is C22H21ClFN5O2. The fourth-order valence-electron chi connectivity index (χ4n) is 3.41. The smallest absolute Gasteiger partial charge is 0.248 e. The molecule has 0 atom stereocenters. The summed E-state index contributed by atoms with van der Waals surface area (Å²) >= 11 is 5.88. The van der Waals surface area contributed by atoms with Crippen LogP contribution in [0.15, 0.2) is 48.3 Å². The lowest BCUT2D eigenvalue weighted by Crippen LogP contribution is -2.24. The first-order valence-electron chi connectivity index (χ1n) is 9.79. The maximum Gasteiger partial charge on any atom is 0.248 e. The van der Waals surface area contributed by atoms with Gasteiger partial charge in [-0.05, 0) is 50.2 Å². The van der Waals surface area contributed by atoms with Crippen LogP contribution in [0.1, 0.15) is 12.8 Å². The van der Waals surface area contributed by atoms with E-state index in [9.17, 15) is 9.18 Å². The number of hydrogen-bond donors (Lipinski definition) is 3. The molecule has 3 aromatic rings. The van der Waals surface area contributed by atoms with Crippen molar-refractivity contribution in [2.75, 3.05) is 30.8 Å². The molecule has 1 aliphatic heterocycles. The predicted molar refractivity (Wildman–Crippen MR) is 120 cm³/mol. The second kappa shape index (κ2) is 9.28. The summed E-state index contributed by atoms with van der Waals surface area (Å²) in [5.41, 5.74) is 2.80. The van der Waals surface area contributed by atoms with Gasteiger partial charge in [-0.2, -0.15) is 0 Å². The van der Waals surface area contributed by atoms with Gasteiger partial charge in [-0.3, -0.25) is 4.79 Å². The molecule has 1 aromatic heterocycles. The molecule has 9 heteroatoms. The Morgan fingerprint density at radius 3 is 2.77 bits per heavy atom. The predicted octanol–water partition coefficient (Wildman–Crippen LogP) is 4.42. The summed E-state index contributed by atoms with van der Waals surface area (Å²) in [5.74, 6) is 0.255. The van der Waals surface area contributed by atoms with E-state index in [1.165, 1.54) is 25.6 Å². The number of anilines is 3. The molecule has 31 heavy (non-hydrogen) atoms. The van der Waals surface area contributed by atoms with E-state index in [1.807, 2.05) is 0 Å². The number of methoxy groups -OCH3 is 1. The topological polar surface area (TPSA) is 88.2 Å². The fourth-order valence-corrected chi connectivity index (χ4v) is 3.59. The van der Waals surface area contributed by atoms with Crippen molar-refractivity contribution < 1.29 is 13.9 Å². The summed E-state index contributed by atoms with van der Waals surface area (Å²) in [4.78, 5) is 21.2. The molecule has 1 fully saturated rings. The number of carbonyl (C=O) groups is 1. The number of amides is 1. The SMILES string of the molecule is COc1cc2ncnc(Nc3ccc(F)c(Cl)c3)c2cc1NC(=O)C=C1CCNCC1. The van der Waals surface area contributed by atoms with Crippen molar-refractivity contribution in [3.8, 4) is 5.75 Å². The maximum atomic E-state index is 13.5. The highest BCUT2D eigenvalue weighted by Crippen LogP contribution is 2.33. The zero-order valence-corrected chi connectivity index (χ0v) is 17.6. The van der Waals surface area contributed by atoms with Gasteiger partial charge in [0.1, 0.15) is 23.7 Å². The van der Waals surface area contributed by atoms with Gasteiger partial charge in [-0.1, -0.05) is 17.2 Å². The number of aromatic nitrogens is 2. The molecule has 2 heterocycles. The van der Waals surface area contributed by atoms with Crippen LogP contribution in [-0.4, -0.2) is 36.1 Å². The molecule has 1 amide bonds. The number of carbonyl (C=O) groups excluding carboxylic acids is 1. The van der Waals surface area contributed by atoms with E-state index in [1.54, 1.807) is 24.3 Å². The fraction of sp³-hybridized carbons (Fsp3) is 0.227. The largest absolute Gasteiger partial charge is 0.494 e. The van der Waals surface area contributed by atoms with Crippen LogP contribution in [0.3, 0.4) is 0 Å². The molecule has 3 N–H and O–H groups in total. The van der Waals surface area contributed by atoms with E-state index in [2.05, 4.69) is 25.9 Å². The summed E-state index contributed by atoms with van der Waals surface area (Å²) in [5, 5.41) is 9.95. The Kier molecular flexibility index (Phi) is 6.29. The number of piperidine rings is 1. The van der Waals surface area contributed by atoms with Gasteiger partial charge in [0.15, 0.2) is 0 Å². The van der Waals surface area contributed by atoms with Crippen LogP contribution in [0.25, 0.3) is 10.9 Å². The van der Waals surface area contributed by atoms with Gasteiger partial charge in [0.2, 0.25) is 5.91 Å². The molecule has 0 bridgehead atoms. The average Bonchev–Trinajstić information content (AvgIpc) is 2.77. The van der Waals surface area contributed by atoms with Crippen LogP contribution in [0, 0.1) is 5.82 Å². The van der Waals surface area contributed by atoms with Crippen molar-refractivity contribution in [3.63, 3.8) is 0 Å². The van der Waals surface area contributed by atoms with E-state index in [0.717, 1.165) is 31.5 Å². The van der Waals surface area contributed by atoms with Crippen molar-refractivity contribution in [2.45, 2.75) is 12.8 Å². The highest BCUT2D eigenvalue weighted by Gasteiger charge is 2.14. The van der Waals surface area contributed by atoms with E-state index in [4.69, 9.17) is 16.3 Å². The lowest BCUT2D eigenvalue weighted by molar-refractivity contribution is -0.112. The molecule has 0 saturated carbocycles. The van der Waals surface area contributed by atoms with Crippen LogP contribution in [-0.2, 0) is 4.79 Å². The third-order valence-corrected chi connectivity index (χ3v) is 5.27. The Balaban J connectivity index is 1.66. The Morgan fingerprint density at radius 2 is 2.03 bits per heavy atom.